The highest BCUT2D eigenvalue weighted by atomic mass is 16.5. The second kappa shape index (κ2) is 20.9. The van der Waals surface area contributed by atoms with Crippen LogP contribution in [0, 0.1) is 11.8 Å². The minimum atomic E-state index is -0.210. The molecule has 0 spiro atoms. The Labute approximate surface area is 186 Å². The first-order valence-corrected chi connectivity index (χ1v) is 12.4. The van der Waals surface area contributed by atoms with Gasteiger partial charge in [-0.1, -0.05) is 85.1 Å². The fourth-order valence-corrected chi connectivity index (χ4v) is 3.05. The Morgan fingerprint density at radius 3 is 1.67 bits per heavy atom. The Kier molecular flexibility index (Phi) is 20.0. The molecule has 4 nitrogen and oxygen atoms in total. The highest BCUT2D eigenvalue weighted by Crippen LogP contribution is 2.12. The van der Waals surface area contributed by atoms with Gasteiger partial charge in [-0.3, -0.25) is 4.79 Å². The molecule has 0 fully saturated rings. The Bertz CT molecular complexity index is 440. The SMILES string of the molecule is CC(C)CCOC(=O)/C=C/CCCCCCCCCCCCC(=O)OCCC(C)C. The predicted octanol–water partition coefficient (Wildman–Crippen LogP) is 7.40. The van der Waals surface area contributed by atoms with Crippen molar-refractivity contribution in [3.8, 4) is 0 Å². The van der Waals surface area contributed by atoms with Crippen LogP contribution in [0.4, 0.5) is 0 Å². The predicted molar refractivity (Wildman–Crippen MR) is 125 cm³/mol. The standard InChI is InChI=1S/C26H48O4/c1-23(2)19-21-29-25(27)17-15-13-11-9-7-5-6-8-10-12-14-16-18-26(28)30-22-20-24(3)4/h15,17,23-24H,5-14,16,18-22H2,1-4H3/b17-15+. The minimum Gasteiger partial charge on any atom is -0.466 e. The Balaban J connectivity index is 3.28. The van der Waals surface area contributed by atoms with Gasteiger partial charge in [0.1, 0.15) is 0 Å². The van der Waals surface area contributed by atoms with Gasteiger partial charge in [-0.15, -0.1) is 0 Å². The molecule has 0 bridgehead atoms. The fourth-order valence-electron chi connectivity index (χ4n) is 3.05. The molecule has 0 N–H and O–H groups in total. The number of esters is 2. The molecule has 0 saturated carbocycles. The van der Waals surface area contributed by atoms with Crippen molar-refractivity contribution in [2.24, 2.45) is 11.8 Å². The van der Waals surface area contributed by atoms with Gasteiger partial charge in [0.2, 0.25) is 0 Å². The molecule has 0 saturated heterocycles. The zero-order valence-corrected chi connectivity index (χ0v) is 20.3. The third-order valence-electron chi connectivity index (χ3n) is 5.15. The highest BCUT2D eigenvalue weighted by molar-refractivity contribution is 5.81. The molecule has 0 radical (unpaired) electrons. The molecule has 176 valence electrons. The van der Waals surface area contributed by atoms with Gasteiger partial charge in [-0.05, 0) is 43.9 Å². The maximum atomic E-state index is 11.6. The van der Waals surface area contributed by atoms with Crippen LogP contribution in [0.1, 0.15) is 118 Å². The Hall–Kier alpha value is -1.32. The molecule has 0 aromatic heterocycles. The van der Waals surface area contributed by atoms with E-state index in [4.69, 9.17) is 9.47 Å². The van der Waals surface area contributed by atoms with E-state index < -0.39 is 0 Å². The molecule has 4 heteroatoms. The van der Waals surface area contributed by atoms with Gasteiger partial charge in [-0.25, -0.2) is 4.79 Å². The summed E-state index contributed by atoms with van der Waals surface area (Å²) in [6.45, 7) is 9.62. The van der Waals surface area contributed by atoms with E-state index in [0.29, 0.717) is 31.5 Å². The lowest BCUT2D eigenvalue weighted by Crippen LogP contribution is -2.07. The average Bonchev–Trinajstić information content (AvgIpc) is 2.67. The second-order valence-electron chi connectivity index (χ2n) is 9.23. The summed E-state index contributed by atoms with van der Waals surface area (Å²) >= 11 is 0. The van der Waals surface area contributed by atoms with E-state index in [2.05, 4.69) is 27.7 Å². The summed E-state index contributed by atoms with van der Waals surface area (Å²) < 4.78 is 10.4. The third kappa shape index (κ3) is 23.0. The van der Waals surface area contributed by atoms with Gasteiger partial charge in [0.05, 0.1) is 13.2 Å². The maximum absolute atomic E-state index is 11.6. The van der Waals surface area contributed by atoms with Crippen molar-refractivity contribution >= 4 is 11.9 Å². The van der Waals surface area contributed by atoms with Crippen LogP contribution >= 0.6 is 0 Å². The van der Waals surface area contributed by atoms with Crippen molar-refractivity contribution in [1.29, 1.82) is 0 Å². The summed E-state index contributed by atoms with van der Waals surface area (Å²) in [5.41, 5.74) is 0. The van der Waals surface area contributed by atoms with Crippen molar-refractivity contribution < 1.29 is 19.1 Å². The number of ether oxygens (including phenoxy) is 2. The van der Waals surface area contributed by atoms with Gasteiger partial charge in [-0.2, -0.15) is 0 Å². The summed E-state index contributed by atoms with van der Waals surface area (Å²) in [6.07, 6.45) is 19.0. The fraction of sp³-hybridized carbons (Fsp3) is 0.846. The molecule has 0 atom stereocenters. The minimum absolute atomic E-state index is 0.0338. The van der Waals surface area contributed by atoms with Crippen LogP contribution in [-0.2, 0) is 19.1 Å². The molecule has 30 heavy (non-hydrogen) atoms. The summed E-state index contributed by atoms with van der Waals surface area (Å²) in [5, 5.41) is 0. The molecule has 0 aromatic carbocycles. The Morgan fingerprint density at radius 1 is 0.667 bits per heavy atom. The van der Waals surface area contributed by atoms with Crippen molar-refractivity contribution in [3.05, 3.63) is 12.2 Å². The summed E-state index contributed by atoms with van der Waals surface area (Å²) in [5.74, 6) is 0.911. The second-order valence-corrected chi connectivity index (χ2v) is 9.23. The molecule has 0 unspecified atom stereocenters. The number of rotatable bonds is 20. The van der Waals surface area contributed by atoms with Crippen LogP contribution in [0.2, 0.25) is 0 Å². The molecular formula is C26H48O4. The van der Waals surface area contributed by atoms with Gasteiger partial charge in [0.15, 0.2) is 0 Å². The highest BCUT2D eigenvalue weighted by Gasteiger charge is 2.03. The van der Waals surface area contributed by atoms with Crippen molar-refractivity contribution in [2.45, 2.75) is 118 Å². The van der Waals surface area contributed by atoms with Gasteiger partial charge >= 0.3 is 11.9 Å². The molecule has 0 rings (SSSR count). The molecule has 0 amide bonds. The number of hydrogen-bond donors (Lipinski definition) is 0. The largest absolute Gasteiger partial charge is 0.466 e. The van der Waals surface area contributed by atoms with E-state index in [-0.39, 0.29) is 11.9 Å². The van der Waals surface area contributed by atoms with E-state index in [1.165, 1.54) is 44.9 Å². The summed E-state index contributed by atoms with van der Waals surface area (Å²) in [4.78, 5) is 23.1. The van der Waals surface area contributed by atoms with Crippen LogP contribution in [0.3, 0.4) is 0 Å². The molecule has 0 aliphatic rings. The Morgan fingerprint density at radius 2 is 1.13 bits per heavy atom. The van der Waals surface area contributed by atoms with Gasteiger partial charge < -0.3 is 9.47 Å². The van der Waals surface area contributed by atoms with Crippen LogP contribution in [0.25, 0.3) is 0 Å². The van der Waals surface area contributed by atoms with Crippen LogP contribution in [-0.4, -0.2) is 25.2 Å². The topological polar surface area (TPSA) is 52.6 Å². The van der Waals surface area contributed by atoms with Crippen LogP contribution in [0.15, 0.2) is 12.2 Å². The number of carbonyl (C=O) groups excluding carboxylic acids is 2. The molecule has 0 heterocycles. The van der Waals surface area contributed by atoms with Gasteiger partial charge in [0, 0.05) is 12.5 Å². The normalized spacial score (nSPS) is 11.5. The third-order valence-corrected chi connectivity index (χ3v) is 5.15. The zero-order valence-electron chi connectivity index (χ0n) is 20.3. The van der Waals surface area contributed by atoms with Gasteiger partial charge in [0.25, 0.3) is 0 Å². The average molecular weight is 425 g/mol. The van der Waals surface area contributed by atoms with Crippen LogP contribution < -0.4 is 0 Å². The first kappa shape index (κ1) is 28.7. The lowest BCUT2D eigenvalue weighted by Gasteiger charge is -2.06. The smallest absolute Gasteiger partial charge is 0.330 e. The lowest BCUT2D eigenvalue weighted by atomic mass is 10.1. The monoisotopic (exact) mass is 424 g/mol. The quantitative estimate of drug-likeness (QED) is 0.116. The van der Waals surface area contributed by atoms with E-state index in [1.54, 1.807) is 6.08 Å². The van der Waals surface area contributed by atoms with E-state index in [1.807, 2.05) is 6.08 Å². The van der Waals surface area contributed by atoms with Crippen molar-refractivity contribution in [2.75, 3.05) is 13.2 Å². The van der Waals surface area contributed by atoms with Crippen molar-refractivity contribution in [3.63, 3.8) is 0 Å². The molecular weight excluding hydrogens is 376 g/mol. The summed E-state index contributed by atoms with van der Waals surface area (Å²) in [7, 11) is 0. The summed E-state index contributed by atoms with van der Waals surface area (Å²) in [6, 6.07) is 0. The number of unbranched alkanes of at least 4 members (excludes halogenated alkanes) is 10. The van der Waals surface area contributed by atoms with E-state index >= 15 is 0 Å². The van der Waals surface area contributed by atoms with E-state index in [9.17, 15) is 9.59 Å². The molecule has 0 aromatic rings. The number of carbonyl (C=O) groups is 2. The first-order valence-electron chi connectivity index (χ1n) is 12.4. The zero-order chi connectivity index (χ0) is 22.5. The molecule has 0 aliphatic heterocycles. The van der Waals surface area contributed by atoms with Crippen LogP contribution in [0.5, 0.6) is 0 Å². The van der Waals surface area contributed by atoms with Crippen molar-refractivity contribution in [1.82, 2.24) is 0 Å². The van der Waals surface area contributed by atoms with E-state index in [0.717, 1.165) is 38.5 Å². The molecule has 0 aliphatic carbocycles. The number of hydrogen-bond acceptors (Lipinski definition) is 4. The lowest BCUT2D eigenvalue weighted by molar-refractivity contribution is -0.144. The number of allylic oxidation sites excluding steroid dienone is 1. The maximum Gasteiger partial charge on any atom is 0.330 e. The first-order chi connectivity index (χ1) is 14.4.